The van der Waals surface area contributed by atoms with Crippen LogP contribution in [-0.4, -0.2) is 71.6 Å². The standard InChI is InChI=1S/C33H34F3N5O6/c1-39(2)29(42)10-6-5-9-27(47-33(45)40(3)4)31(43)38-26-8-7-13-41(32(26)44)18-24-15-21-14-23(35)17-28(30(21)37-24)46-19-20-11-12-22(34)16-25(20)36/h6-8,10-17,27,37H,5,9,18-19H2,1-4H3,(H,38,43)/b10-6+. The van der Waals surface area contributed by atoms with Crippen LogP contribution in [0.5, 0.6) is 5.75 Å². The first-order valence-electron chi connectivity index (χ1n) is 14.5. The number of hydrogen-bond acceptors (Lipinski definition) is 6. The van der Waals surface area contributed by atoms with Crippen LogP contribution in [0.2, 0.25) is 0 Å². The highest BCUT2D eigenvalue weighted by Gasteiger charge is 2.24. The number of ether oxygens (including phenoxy) is 2. The van der Waals surface area contributed by atoms with Crippen molar-refractivity contribution in [3.8, 4) is 5.75 Å². The zero-order valence-electron chi connectivity index (χ0n) is 26.2. The molecule has 4 aromatic rings. The van der Waals surface area contributed by atoms with Gasteiger partial charge in [0.25, 0.3) is 11.5 Å². The topological polar surface area (TPSA) is 126 Å². The van der Waals surface area contributed by atoms with Gasteiger partial charge in [0.1, 0.15) is 35.5 Å². The SMILES string of the molecule is CN(C)C(=O)/C=C/CCC(OC(=O)N(C)C)C(=O)Nc1cccn(Cc2cc3cc(F)cc(OCc4ccc(F)cc4F)c3[nH]2)c1=O. The number of fused-ring (bicyclic) bond motifs is 1. The number of H-pyrrole nitrogens is 1. The number of rotatable bonds is 12. The molecule has 0 saturated carbocycles. The van der Waals surface area contributed by atoms with E-state index in [4.69, 9.17) is 9.47 Å². The summed E-state index contributed by atoms with van der Waals surface area (Å²) in [5, 5.41) is 2.96. The van der Waals surface area contributed by atoms with Crippen LogP contribution in [0.4, 0.5) is 23.7 Å². The Morgan fingerprint density at radius 2 is 1.77 bits per heavy atom. The van der Waals surface area contributed by atoms with E-state index in [9.17, 15) is 32.3 Å². The van der Waals surface area contributed by atoms with Gasteiger partial charge in [0.2, 0.25) is 5.91 Å². The molecule has 0 spiro atoms. The Hall–Kier alpha value is -5.53. The number of pyridine rings is 1. The first-order valence-corrected chi connectivity index (χ1v) is 14.5. The monoisotopic (exact) mass is 653 g/mol. The second-order valence-electron chi connectivity index (χ2n) is 11.0. The Kier molecular flexibility index (Phi) is 11.1. The number of amides is 3. The summed E-state index contributed by atoms with van der Waals surface area (Å²) in [7, 11) is 6.11. The molecule has 0 bridgehead atoms. The van der Waals surface area contributed by atoms with Gasteiger partial charge >= 0.3 is 6.09 Å². The number of benzene rings is 2. The Morgan fingerprint density at radius 1 is 1.00 bits per heavy atom. The van der Waals surface area contributed by atoms with Crippen LogP contribution in [0.15, 0.2) is 71.7 Å². The number of nitrogens with zero attached hydrogens (tertiary/aromatic N) is 3. The Balaban J connectivity index is 1.50. The molecule has 4 rings (SSSR count). The van der Waals surface area contributed by atoms with Crippen LogP contribution in [0.25, 0.3) is 10.9 Å². The molecule has 47 heavy (non-hydrogen) atoms. The van der Waals surface area contributed by atoms with Crippen molar-refractivity contribution in [3.63, 3.8) is 0 Å². The lowest BCUT2D eigenvalue weighted by molar-refractivity contribution is -0.125. The quantitative estimate of drug-likeness (QED) is 0.212. The third-order valence-electron chi connectivity index (χ3n) is 6.93. The van der Waals surface area contributed by atoms with Gasteiger partial charge in [0, 0.05) is 63.2 Å². The fraction of sp³-hybridized carbons (Fsp3) is 0.273. The zero-order valence-corrected chi connectivity index (χ0v) is 26.2. The fourth-order valence-electron chi connectivity index (χ4n) is 4.43. The van der Waals surface area contributed by atoms with E-state index in [0.29, 0.717) is 16.6 Å². The van der Waals surface area contributed by atoms with Crippen LogP contribution >= 0.6 is 0 Å². The predicted molar refractivity (Wildman–Crippen MR) is 168 cm³/mol. The van der Waals surface area contributed by atoms with Gasteiger partial charge in [-0.25, -0.2) is 18.0 Å². The zero-order chi connectivity index (χ0) is 34.2. The maximum Gasteiger partial charge on any atom is 0.410 e. The Labute approximate surface area is 268 Å². The summed E-state index contributed by atoms with van der Waals surface area (Å²) >= 11 is 0. The molecule has 0 aliphatic heterocycles. The molecule has 2 N–H and O–H groups in total. The van der Waals surface area contributed by atoms with Gasteiger partial charge < -0.3 is 34.1 Å². The van der Waals surface area contributed by atoms with Gasteiger partial charge in [-0.15, -0.1) is 0 Å². The second kappa shape index (κ2) is 15.2. The third kappa shape index (κ3) is 9.02. The average molecular weight is 654 g/mol. The molecule has 2 aromatic carbocycles. The summed E-state index contributed by atoms with van der Waals surface area (Å²) in [5.74, 6) is -3.03. The number of anilines is 1. The van der Waals surface area contributed by atoms with Crippen LogP contribution in [0, 0.1) is 17.5 Å². The first-order chi connectivity index (χ1) is 22.3. The number of allylic oxidation sites excluding steroid dienone is 1. The van der Waals surface area contributed by atoms with E-state index >= 15 is 0 Å². The van der Waals surface area contributed by atoms with Crippen molar-refractivity contribution in [2.45, 2.75) is 32.1 Å². The molecule has 1 atom stereocenters. The van der Waals surface area contributed by atoms with Gasteiger partial charge in [0.15, 0.2) is 6.10 Å². The third-order valence-corrected chi connectivity index (χ3v) is 6.93. The molecule has 248 valence electrons. The molecule has 0 aliphatic carbocycles. The molecular weight excluding hydrogens is 619 g/mol. The van der Waals surface area contributed by atoms with Crippen molar-refractivity contribution < 1.29 is 37.0 Å². The van der Waals surface area contributed by atoms with E-state index in [2.05, 4.69) is 10.3 Å². The smallest absolute Gasteiger partial charge is 0.410 e. The molecule has 0 radical (unpaired) electrons. The van der Waals surface area contributed by atoms with Crippen molar-refractivity contribution in [2.75, 3.05) is 33.5 Å². The summed E-state index contributed by atoms with van der Waals surface area (Å²) in [6.07, 6.45) is 2.67. The summed E-state index contributed by atoms with van der Waals surface area (Å²) in [6.45, 7) is -0.288. The molecule has 0 fully saturated rings. The molecule has 14 heteroatoms. The molecule has 11 nitrogen and oxygen atoms in total. The fourth-order valence-corrected chi connectivity index (χ4v) is 4.43. The minimum absolute atomic E-state index is 0.00534. The highest BCUT2D eigenvalue weighted by molar-refractivity contribution is 5.95. The van der Waals surface area contributed by atoms with E-state index < -0.39 is 41.1 Å². The number of likely N-dealkylation sites (N-methyl/N-ethyl adjacent to an activating group) is 1. The highest BCUT2D eigenvalue weighted by atomic mass is 19.1. The maximum atomic E-state index is 14.4. The highest BCUT2D eigenvalue weighted by Crippen LogP contribution is 2.29. The van der Waals surface area contributed by atoms with E-state index in [1.807, 2.05) is 0 Å². The molecule has 0 aliphatic rings. The molecule has 3 amide bonds. The molecule has 2 aromatic heterocycles. The number of aromatic nitrogens is 2. The number of halogens is 3. The van der Waals surface area contributed by atoms with Crippen LogP contribution in [-0.2, 0) is 27.5 Å². The summed E-state index contributed by atoms with van der Waals surface area (Å²) in [6, 6.07) is 10.0. The molecule has 1 unspecified atom stereocenters. The Morgan fingerprint density at radius 3 is 2.47 bits per heavy atom. The van der Waals surface area contributed by atoms with E-state index in [-0.39, 0.29) is 48.9 Å². The van der Waals surface area contributed by atoms with Crippen molar-refractivity contribution in [3.05, 3.63) is 106 Å². The number of nitrogens with one attached hydrogen (secondary N) is 2. The second-order valence-corrected chi connectivity index (χ2v) is 11.0. The van der Waals surface area contributed by atoms with Gasteiger partial charge in [0.05, 0.1) is 12.1 Å². The van der Waals surface area contributed by atoms with Gasteiger partial charge in [-0.05, 0) is 55.3 Å². The van der Waals surface area contributed by atoms with Crippen LogP contribution in [0.3, 0.4) is 0 Å². The first kappa shape index (κ1) is 34.3. The van der Waals surface area contributed by atoms with Gasteiger partial charge in [-0.2, -0.15) is 0 Å². The number of carbonyl (C=O) groups excluding carboxylic acids is 3. The van der Waals surface area contributed by atoms with Crippen LogP contribution in [0.1, 0.15) is 24.1 Å². The summed E-state index contributed by atoms with van der Waals surface area (Å²) in [5.41, 5.74) is 0.326. The lowest BCUT2D eigenvalue weighted by Gasteiger charge is -2.19. The lowest BCUT2D eigenvalue weighted by atomic mass is 10.1. The number of aromatic amines is 1. The molecular formula is C33H34F3N5O6. The van der Waals surface area contributed by atoms with Crippen molar-refractivity contribution in [2.24, 2.45) is 0 Å². The van der Waals surface area contributed by atoms with E-state index in [0.717, 1.165) is 23.1 Å². The number of hydrogen-bond donors (Lipinski definition) is 2. The number of carbonyl (C=O) groups is 3. The summed E-state index contributed by atoms with van der Waals surface area (Å²) < 4.78 is 54.1. The van der Waals surface area contributed by atoms with Crippen molar-refractivity contribution >= 4 is 34.5 Å². The normalized spacial score (nSPS) is 11.8. The van der Waals surface area contributed by atoms with Crippen molar-refractivity contribution in [1.82, 2.24) is 19.4 Å². The Bertz CT molecular complexity index is 1870. The van der Waals surface area contributed by atoms with Gasteiger partial charge in [-0.1, -0.05) is 6.08 Å². The molecule has 0 saturated heterocycles. The molecule has 2 heterocycles. The predicted octanol–water partition coefficient (Wildman–Crippen LogP) is 4.80. The largest absolute Gasteiger partial charge is 0.486 e. The van der Waals surface area contributed by atoms with Gasteiger partial charge in [-0.3, -0.25) is 14.4 Å². The average Bonchev–Trinajstić information content (AvgIpc) is 3.41. The maximum absolute atomic E-state index is 14.4. The minimum atomic E-state index is -1.26. The van der Waals surface area contributed by atoms with Crippen LogP contribution < -0.4 is 15.6 Å². The van der Waals surface area contributed by atoms with E-state index in [1.54, 1.807) is 32.3 Å². The lowest BCUT2D eigenvalue weighted by Crippen LogP contribution is -2.37. The van der Waals surface area contributed by atoms with Crippen molar-refractivity contribution in [1.29, 1.82) is 0 Å². The minimum Gasteiger partial charge on any atom is -0.486 e. The van der Waals surface area contributed by atoms with E-state index in [1.165, 1.54) is 54.0 Å². The summed E-state index contributed by atoms with van der Waals surface area (Å²) in [4.78, 5) is 56.2.